The summed E-state index contributed by atoms with van der Waals surface area (Å²) < 4.78 is 13.8. The molecule has 0 aliphatic heterocycles. The van der Waals surface area contributed by atoms with Gasteiger partial charge in [-0.1, -0.05) is 18.2 Å². The van der Waals surface area contributed by atoms with E-state index in [1.807, 2.05) is 25.1 Å². The van der Waals surface area contributed by atoms with Crippen molar-refractivity contribution in [3.63, 3.8) is 0 Å². The number of aromatic hydroxyl groups is 1. The Hall–Kier alpha value is -1.30. The summed E-state index contributed by atoms with van der Waals surface area (Å²) in [7, 11) is 0. The van der Waals surface area contributed by atoms with Crippen LogP contribution in [-0.2, 0) is 6.54 Å². The van der Waals surface area contributed by atoms with Gasteiger partial charge in [0.15, 0.2) is 0 Å². The molecule has 2 N–H and O–H groups in total. The number of anilines is 1. The van der Waals surface area contributed by atoms with Crippen LogP contribution in [0.3, 0.4) is 0 Å². The molecule has 2 aromatic rings. The highest BCUT2D eigenvalue weighted by atomic mass is 127. The Morgan fingerprint density at radius 3 is 2.78 bits per heavy atom. The van der Waals surface area contributed by atoms with Gasteiger partial charge in [-0.3, -0.25) is 0 Å². The summed E-state index contributed by atoms with van der Waals surface area (Å²) in [6.45, 7) is 2.37. The molecule has 0 aliphatic rings. The highest BCUT2D eigenvalue weighted by molar-refractivity contribution is 14.1. The van der Waals surface area contributed by atoms with Crippen LogP contribution in [0, 0.1) is 16.3 Å². The van der Waals surface area contributed by atoms with Gasteiger partial charge < -0.3 is 10.4 Å². The standard InChI is InChI=1S/C14H13FINO/c1-9-3-2-4-10(14(9)18)8-17-13-6-5-11(15)7-12(13)16/h2-7,17-18H,8H2,1H3. The largest absolute Gasteiger partial charge is 0.507 e. The fraction of sp³-hybridized carbons (Fsp3) is 0.143. The maximum absolute atomic E-state index is 13.0. The number of hydrogen-bond donors (Lipinski definition) is 2. The zero-order valence-corrected chi connectivity index (χ0v) is 12.0. The third kappa shape index (κ3) is 2.93. The Kier molecular flexibility index (Phi) is 4.06. The van der Waals surface area contributed by atoms with Crippen molar-refractivity contribution in [2.45, 2.75) is 13.5 Å². The predicted octanol–water partition coefficient (Wildman–Crippen LogP) is 4.06. The highest BCUT2D eigenvalue weighted by Gasteiger charge is 2.05. The van der Waals surface area contributed by atoms with Gasteiger partial charge in [-0.15, -0.1) is 0 Å². The smallest absolute Gasteiger partial charge is 0.124 e. The van der Waals surface area contributed by atoms with Crippen LogP contribution in [0.1, 0.15) is 11.1 Å². The summed E-state index contributed by atoms with van der Waals surface area (Å²) in [4.78, 5) is 0. The molecule has 0 amide bonds. The first-order valence-corrected chi connectivity index (χ1v) is 6.62. The molecule has 94 valence electrons. The predicted molar refractivity (Wildman–Crippen MR) is 79.3 cm³/mol. The number of phenols is 1. The maximum atomic E-state index is 13.0. The molecular weight excluding hydrogens is 344 g/mol. The number of benzene rings is 2. The van der Waals surface area contributed by atoms with E-state index in [2.05, 4.69) is 27.9 Å². The molecule has 0 aromatic heterocycles. The summed E-state index contributed by atoms with van der Waals surface area (Å²) in [5.74, 6) is 0.0606. The maximum Gasteiger partial charge on any atom is 0.124 e. The number of rotatable bonds is 3. The Labute approximate surface area is 119 Å². The average Bonchev–Trinajstić information content (AvgIpc) is 2.33. The average molecular weight is 357 g/mol. The van der Waals surface area contributed by atoms with E-state index in [4.69, 9.17) is 0 Å². The van der Waals surface area contributed by atoms with Gasteiger partial charge in [0.1, 0.15) is 11.6 Å². The molecule has 2 rings (SSSR count). The Morgan fingerprint density at radius 2 is 2.06 bits per heavy atom. The molecular formula is C14H13FINO. The van der Waals surface area contributed by atoms with Gasteiger partial charge in [0.2, 0.25) is 0 Å². The van der Waals surface area contributed by atoms with Gasteiger partial charge in [0.25, 0.3) is 0 Å². The molecule has 2 aromatic carbocycles. The van der Waals surface area contributed by atoms with Gasteiger partial charge in [-0.05, 0) is 53.3 Å². The van der Waals surface area contributed by atoms with E-state index in [0.717, 1.165) is 20.4 Å². The molecule has 18 heavy (non-hydrogen) atoms. The molecule has 0 aliphatic carbocycles. The Morgan fingerprint density at radius 1 is 1.28 bits per heavy atom. The van der Waals surface area contributed by atoms with Gasteiger partial charge in [0, 0.05) is 21.4 Å². The van der Waals surface area contributed by atoms with Crippen LogP contribution in [0.25, 0.3) is 0 Å². The summed E-state index contributed by atoms with van der Waals surface area (Å²) in [6.07, 6.45) is 0. The van der Waals surface area contributed by atoms with Gasteiger partial charge in [-0.2, -0.15) is 0 Å². The third-order valence-corrected chi connectivity index (χ3v) is 3.61. The molecule has 0 unspecified atom stereocenters. The Balaban J connectivity index is 2.14. The number of halogens is 2. The second-order valence-corrected chi connectivity index (χ2v) is 5.22. The summed E-state index contributed by atoms with van der Waals surface area (Å²) in [5, 5.41) is 13.1. The molecule has 0 bridgehead atoms. The first-order valence-electron chi connectivity index (χ1n) is 5.54. The number of hydrogen-bond acceptors (Lipinski definition) is 2. The summed E-state index contributed by atoms with van der Waals surface area (Å²) >= 11 is 2.08. The minimum atomic E-state index is -0.247. The van der Waals surface area contributed by atoms with Crippen molar-refractivity contribution in [3.05, 3.63) is 56.9 Å². The van der Waals surface area contributed by atoms with Crippen molar-refractivity contribution in [1.82, 2.24) is 0 Å². The quantitative estimate of drug-likeness (QED) is 0.813. The van der Waals surface area contributed by atoms with E-state index in [1.165, 1.54) is 12.1 Å². The van der Waals surface area contributed by atoms with Gasteiger partial charge in [-0.25, -0.2) is 4.39 Å². The van der Waals surface area contributed by atoms with E-state index in [-0.39, 0.29) is 5.82 Å². The van der Waals surface area contributed by atoms with E-state index >= 15 is 0 Å². The second kappa shape index (κ2) is 5.56. The highest BCUT2D eigenvalue weighted by Crippen LogP contribution is 2.24. The topological polar surface area (TPSA) is 32.3 Å². The molecule has 0 radical (unpaired) electrons. The van der Waals surface area contributed by atoms with Crippen LogP contribution in [0.15, 0.2) is 36.4 Å². The van der Waals surface area contributed by atoms with E-state index in [9.17, 15) is 9.50 Å². The second-order valence-electron chi connectivity index (χ2n) is 4.06. The molecule has 0 fully saturated rings. The number of nitrogens with one attached hydrogen (secondary N) is 1. The SMILES string of the molecule is Cc1cccc(CNc2ccc(F)cc2I)c1O. The number of phenolic OH excluding ortho intramolecular Hbond substituents is 1. The van der Waals surface area contributed by atoms with Gasteiger partial charge >= 0.3 is 0 Å². The normalized spacial score (nSPS) is 10.4. The van der Waals surface area contributed by atoms with E-state index in [1.54, 1.807) is 6.07 Å². The van der Waals surface area contributed by atoms with Crippen LogP contribution in [0.5, 0.6) is 5.75 Å². The fourth-order valence-electron chi connectivity index (χ4n) is 1.69. The monoisotopic (exact) mass is 357 g/mol. The van der Waals surface area contributed by atoms with Gasteiger partial charge in [0.05, 0.1) is 0 Å². The lowest BCUT2D eigenvalue weighted by atomic mass is 10.1. The van der Waals surface area contributed by atoms with Crippen molar-refractivity contribution in [1.29, 1.82) is 0 Å². The molecule has 0 heterocycles. The van der Waals surface area contributed by atoms with Crippen molar-refractivity contribution in [3.8, 4) is 5.75 Å². The lowest BCUT2D eigenvalue weighted by Gasteiger charge is -2.11. The minimum absolute atomic E-state index is 0.247. The fourth-order valence-corrected chi connectivity index (χ4v) is 2.35. The van der Waals surface area contributed by atoms with E-state index < -0.39 is 0 Å². The number of para-hydroxylation sites is 1. The molecule has 0 saturated carbocycles. The summed E-state index contributed by atoms with van der Waals surface area (Å²) in [5.41, 5.74) is 2.54. The lowest BCUT2D eigenvalue weighted by Crippen LogP contribution is -2.02. The first-order chi connectivity index (χ1) is 8.58. The lowest BCUT2D eigenvalue weighted by molar-refractivity contribution is 0.465. The molecule has 0 atom stereocenters. The van der Waals surface area contributed by atoms with Crippen molar-refractivity contribution in [2.24, 2.45) is 0 Å². The van der Waals surface area contributed by atoms with Crippen molar-refractivity contribution >= 4 is 28.3 Å². The molecule has 0 spiro atoms. The van der Waals surface area contributed by atoms with Crippen LogP contribution < -0.4 is 5.32 Å². The minimum Gasteiger partial charge on any atom is -0.507 e. The van der Waals surface area contributed by atoms with Crippen LogP contribution in [0.4, 0.5) is 10.1 Å². The zero-order chi connectivity index (χ0) is 13.1. The zero-order valence-electron chi connectivity index (χ0n) is 9.87. The summed E-state index contributed by atoms with van der Waals surface area (Å²) in [6, 6.07) is 10.2. The van der Waals surface area contributed by atoms with Crippen molar-refractivity contribution < 1.29 is 9.50 Å². The van der Waals surface area contributed by atoms with E-state index in [0.29, 0.717) is 12.3 Å². The third-order valence-electron chi connectivity index (χ3n) is 2.72. The molecule has 4 heteroatoms. The molecule has 2 nitrogen and oxygen atoms in total. The Bertz CT molecular complexity index is 572. The number of aryl methyl sites for hydroxylation is 1. The van der Waals surface area contributed by atoms with Crippen LogP contribution in [-0.4, -0.2) is 5.11 Å². The van der Waals surface area contributed by atoms with Crippen LogP contribution in [0.2, 0.25) is 0 Å². The van der Waals surface area contributed by atoms with Crippen LogP contribution >= 0.6 is 22.6 Å². The van der Waals surface area contributed by atoms with Crippen molar-refractivity contribution in [2.75, 3.05) is 5.32 Å². The first kappa shape index (κ1) is 13.1. The molecule has 0 saturated heterocycles.